The van der Waals surface area contributed by atoms with Gasteiger partial charge in [0.25, 0.3) is 0 Å². The summed E-state index contributed by atoms with van der Waals surface area (Å²) in [5, 5.41) is 6.29. The molecule has 0 spiro atoms. The third-order valence-electron chi connectivity index (χ3n) is 5.26. The Morgan fingerprint density at radius 1 is 1.04 bits per heavy atom. The Bertz CT molecular complexity index is 535. The molecule has 4 atom stereocenters. The molecule has 24 heavy (non-hydrogen) atoms. The maximum Gasteiger partial charge on any atom is 0.315 e. The second-order valence-electron chi connectivity index (χ2n) is 7.24. The highest BCUT2D eigenvalue weighted by atomic mass is 16.5. The number of hydrogen-bond acceptors (Lipinski definition) is 3. The topological polar surface area (TPSA) is 53.6 Å². The first-order valence-corrected chi connectivity index (χ1v) is 9.02. The van der Waals surface area contributed by atoms with E-state index in [1.165, 1.54) is 5.56 Å². The lowest BCUT2D eigenvalue weighted by atomic mass is 9.97. The van der Waals surface area contributed by atoms with Crippen LogP contribution in [-0.2, 0) is 4.74 Å². The van der Waals surface area contributed by atoms with Crippen molar-refractivity contribution in [3.05, 3.63) is 35.9 Å². The number of amides is 2. The van der Waals surface area contributed by atoms with Crippen LogP contribution in [0.15, 0.2) is 30.3 Å². The van der Waals surface area contributed by atoms with Gasteiger partial charge in [0.2, 0.25) is 0 Å². The highest BCUT2D eigenvalue weighted by molar-refractivity contribution is 5.74. The molecule has 2 N–H and O–H groups in total. The summed E-state index contributed by atoms with van der Waals surface area (Å²) in [4.78, 5) is 14.6. The standard InChI is InChI=1S/C19H29N3O2/c1-22(2)17-9-8-15(12-17)20-19(23)21-16-10-11-24-18(13-16)14-6-4-3-5-7-14/h3-7,15-18H,8-13H2,1-2H3,(H2,20,21,23)/t15-,16+,17+,18+/m0/s1. The molecule has 1 saturated heterocycles. The van der Waals surface area contributed by atoms with Crippen molar-refractivity contribution in [1.29, 1.82) is 0 Å². The van der Waals surface area contributed by atoms with Crippen LogP contribution in [0.3, 0.4) is 0 Å². The van der Waals surface area contributed by atoms with Crippen LogP contribution >= 0.6 is 0 Å². The van der Waals surface area contributed by atoms with E-state index in [-0.39, 0.29) is 18.2 Å². The molecule has 2 amide bonds. The van der Waals surface area contributed by atoms with Gasteiger partial charge in [0.15, 0.2) is 0 Å². The quantitative estimate of drug-likeness (QED) is 0.892. The van der Waals surface area contributed by atoms with E-state index in [4.69, 9.17) is 4.74 Å². The van der Waals surface area contributed by atoms with Crippen LogP contribution in [-0.4, -0.2) is 49.8 Å². The van der Waals surface area contributed by atoms with Gasteiger partial charge in [0, 0.05) is 24.7 Å². The van der Waals surface area contributed by atoms with Gasteiger partial charge in [-0.3, -0.25) is 0 Å². The van der Waals surface area contributed by atoms with E-state index in [0.29, 0.717) is 18.7 Å². The van der Waals surface area contributed by atoms with Gasteiger partial charge in [-0.2, -0.15) is 0 Å². The minimum atomic E-state index is -0.0295. The van der Waals surface area contributed by atoms with E-state index in [0.717, 1.165) is 32.1 Å². The van der Waals surface area contributed by atoms with Gasteiger partial charge in [-0.25, -0.2) is 4.79 Å². The SMILES string of the molecule is CN(C)[C@@H]1CC[C@H](NC(=O)N[C@@H]2CCO[C@@H](c3ccccc3)C2)C1. The van der Waals surface area contributed by atoms with Crippen LogP contribution in [0.25, 0.3) is 0 Å². The van der Waals surface area contributed by atoms with Crippen LogP contribution in [0.2, 0.25) is 0 Å². The minimum Gasteiger partial charge on any atom is -0.373 e. The fourth-order valence-corrected chi connectivity index (χ4v) is 3.80. The Kier molecular flexibility index (Phi) is 5.74. The average molecular weight is 331 g/mol. The number of carbonyl (C=O) groups is 1. The number of nitrogens with zero attached hydrogens (tertiary/aromatic N) is 1. The molecular weight excluding hydrogens is 302 g/mol. The maximum absolute atomic E-state index is 12.3. The number of urea groups is 1. The van der Waals surface area contributed by atoms with E-state index < -0.39 is 0 Å². The summed E-state index contributed by atoms with van der Waals surface area (Å²) in [7, 11) is 4.22. The molecule has 0 bridgehead atoms. The summed E-state index contributed by atoms with van der Waals surface area (Å²) in [6.45, 7) is 0.691. The molecule has 2 aliphatic rings. The Labute approximate surface area is 144 Å². The predicted molar refractivity (Wildman–Crippen MR) is 94.9 cm³/mol. The Hall–Kier alpha value is -1.59. The summed E-state index contributed by atoms with van der Waals surface area (Å²) in [6.07, 6.45) is 5.06. The molecule has 2 fully saturated rings. The Balaban J connectivity index is 1.46. The van der Waals surface area contributed by atoms with Gasteiger partial charge in [0.1, 0.15) is 0 Å². The average Bonchev–Trinajstić information content (AvgIpc) is 3.04. The lowest BCUT2D eigenvalue weighted by Crippen LogP contribution is -2.47. The van der Waals surface area contributed by atoms with Gasteiger partial charge in [0.05, 0.1) is 6.10 Å². The van der Waals surface area contributed by atoms with Crippen molar-refractivity contribution in [3.8, 4) is 0 Å². The first-order valence-electron chi connectivity index (χ1n) is 9.02. The summed E-state index contributed by atoms with van der Waals surface area (Å²) in [5.41, 5.74) is 1.19. The lowest BCUT2D eigenvalue weighted by Gasteiger charge is -2.30. The summed E-state index contributed by atoms with van der Waals surface area (Å²) in [5.74, 6) is 0. The van der Waals surface area contributed by atoms with Crippen molar-refractivity contribution < 1.29 is 9.53 Å². The van der Waals surface area contributed by atoms with Crippen LogP contribution in [0.5, 0.6) is 0 Å². The molecule has 0 aromatic heterocycles. The van der Waals surface area contributed by atoms with Crippen molar-refractivity contribution in [2.24, 2.45) is 0 Å². The summed E-state index contributed by atoms with van der Waals surface area (Å²) in [6, 6.07) is 11.3. The molecule has 3 rings (SSSR count). The maximum atomic E-state index is 12.3. The van der Waals surface area contributed by atoms with Crippen LogP contribution in [0.4, 0.5) is 4.79 Å². The Morgan fingerprint density at radius 2 is 1.75 bits per heavy atom. The van der Waals surface area contributed by atoms with Crippen LogP contribution in [0, 0.1) is 0 Å². The zero-order chi connectivity index (χ0) is 16.9. The zero-order valence-electron chi connectivity index (χ0n) is 14.7. The highest BCUT2D eigenvalue weighted by Gasteiger charge is 2.29. The molecule has 0 unspecified atom stereocenters. The van der Waals surface area contributed by atoms with Crippen molar-refractivity contribution in [3.63, 3.8) is 0 Å². The molecule has 1 aromatic carbocycles. The van der Waals surface area contributed by atoms with Crippen LogP contribution < -0.4 is 10.6 Å². The summed E-state index contributed by atoms with van der Waals surface area (Å²) < 4.78 is 5.87. The van der Waals surface area contributed by atoms with Crippen molar-refractivity contribution in [2.75, 3.05) is 20.7 Å². The van der Waals surface area contributed by atoms with Crippen molar-refractivity contribution >= 4 is 6.03 Å². The number of nitrogens with one attached hydrogen (secondary N) is 2. The molecule has 5 heteroatoms. The van der Waals surface area contributed by atoms with Gasteiger partial charge in [-0.15, -0.1) is 0 Å². The zero-order valence-corrected chi connectivity index (χ0v) is 14.7. The molecule has 5 nitrogen and oxygen atoms in total. The van der Waals surface area contributed by atoms with Crippen molar-refractivity contribution in [1.82, 2.24) is 15.5 Å². The molecular formula is C19H29N3O2. The molecule has 1 aliphatic heterocycles. The number of rotatable bonds is 4. The largest absolute Gasteiger partial charge is 0.373 e. The van der Waals surface area contributed by atoms with E-state index in [1.54, 1.807) is 0 Å². The van der Waals surface area contributed by atoms with Gasteiger partial charge >= 0.3 is 6.03 Å². The fraction of sp³-hybridized carbons (Fsp3) is 0.632. The van der Waals surface area contributed by atoms with Crippen molar-refractivity contribution in [2.45, 2.75) is 56.3 Å². The smallest absolute Gasteiger partial charge is 0.315 e. The molecule has 1 aromatic rings. The lowest BCUT2D eigenvalue weighted by molar-refractivity contribution is 0.00221. The normalized spacial score (nSPS) is 30.3. The molecule has 0 radical (unpaired) electrons. The molecule has 132 valence electrons. The first-order chi connectivity index (χ1) is 11.6. The number of carbonyl (C=O) groups excluding carboxylic acids is 1. The third-order valence-corrected chi connectivity index (χ3v) is 5.26. The van der Waals surface area contributed by atoms with E-state index in [2.05, 4.69) is 41.8 Å². The molecule has 1 aliphatic carbocycles. The number of hydrogen-bond donors (Lipinski definition) is 2. The molecule has 1 heterocycles. The first kappa shape index (κ1) is 17.2. The number of benzene rings is 1. The third kappa shape index (κ3) is 4.48. The second kappa shape index (κ2) is 7.99. The van der Waals surface area contributed by atoms with Crippen LogP contribution in [0.1, 0.15) is 43.8 Å². The van der Waals surface area contributed by atoms with E-state index in [1.807, 2.05) is 18.2 Å². The van der Waals surface area contributed by atoms with Gasteiger partial charge in [-0.1, -0.05) is 30.3 Å². The molecule has 1 saturated carbocycles. The fourth-order valence-electron chi connectivity index (χ4n) is 3.80. The number of ether oxygens (including phenoxy) is 1. The minimum absolute atomic E-state index is 0.0295. The monoisotopic (exact) mass is 331 g/mol. The van der Waals surface area contributed by atoms with Gasteiger partial charge in [-0.05, 0) is 51.8 Å². The summed E-state index contributed by atoms with van der Waals surface area (Å²) >= 11 is 0. The van der Waals surface area contributed by atoms with E-state index >= 15 is 0 Å². The highest BCUT2D eigenvalue weighted by Crippen LogP contribution is 2.28. The van der Waals surface area contributed by atoms with E-state index in [9.17, 15) is 4.79 Å². The predicted octanol–water partition coefficient (Wildman–Crippen LogP) is 2.69. The Morgan fingerprint density at radius 3 is 2.42 bits per heavy atom. The second-order valence-corrected chi connectivity index (χ2v) is 7.24. The van der Waals surface area contributed by atoms with Gasteiger partial charge < -0.3 is 20.3 Å².